The average molecular weight is 432 g/mol. The molecule has 1 atom stereocenters. The van der Waals surface area contributed by atoms with Gasteiger partial charge < -0.3 is 19.0 Å². The van der Waals surface area contributed by atoms with E-state index in [0.29, 0.717) is 19.1 Å². The number of hydrogen-bond acceptors (Lipinski definition) is 4. The smallest absolute Gasteiger partial charge is 0.287 e. The van der Waals surface area contributed by atoms with Gasteiger partial charge in [-0.3, -0.25) is 4.79 Å². The minimum absolute atomic E-state index is 0.265. The molecule has 1 N–H and O–H groups in total. The largest absolute Gasteiger partial charge is 0.491 e. The van der Waals surface area contributed by atoms with Crippen LogP contribution in [0.1, 0.15) is 60.2 Å². The first-order chi connectivity index (χ1) is 15.4. The lowest BCUT2D eigenvalue weighted by Gasteiger charge is -2.18. The lowest BCUT2D eigenvalue weighted by Crippen LogP contribution is -2.29. The Morgan fingerprint density at radius 3 is 2.69 bits per heavy atom. The molecule has 0 spiro atoms. The van der Waals surface area contributed by atoms with Gasteiger partial charge in [-0.05, 0) is 61.2 Å². The number of aromatic nitrogens is 2. The SMILES string of the molecule is Cc1ccc(C(C)C)c(OCCn2c([C@@H](C)NC(=O)c3ccco3)nc3ccccc32)c1. The third kappa shape index (κ3) is 4.54. The summed E-state index contributed by atoms with van der Waals surface area (Å²) >= 11 is 0. The van der Waals surface area contributed by atoms with Crippen molar-refractivity contribution in [3.8, 4) is 5.75 Å². The van der Waals surface area contributed by atoms with Crippen LogP contribution in [0.15, 0.2) is 65.3 Å². The summed E-state index contributed by atoms with van der Waals surface area (Å²) in [6.45, 7) is 9.45. The molecule has 4 rings (SSSR count). The molecule has 4 aromatic rings. The Labute approximate surface area is 188 Å². The number of carbonyl (C=O) groups is 1. The van der Waals surface area contributed by atoms with Gasteiger partial charge >= 0.3 is 0 Å². The lowest BCUT2D eigenvalue weighted by molar-refractivity contribution is 0.0909. The van der Waals surface area contributed by atoms with E-state index in [0.717, 1.165) is 22.6 Å². The zero-order valence-electron chi connectivity index (χ0n) is 19.0. The number of fused-ring (bicyclic) bond motifs is 1. The molecule has 0 radical (unpaired) electrons. The van der Waals surface area contributed by atoms with Crippen molar-refractivity contribution in [2.75, 3.05) is 6.61 Å². The van der Waals surface area contributed by atoms with Gasteiger partial charge in [-0.15, -0.1) is 0 Å². The van der Waals surface area contributed by atoms with E-state index >= 15 is 0 Å². The standard InChI is InChI=1S/C26H29N3O3/c1-17(2)20-12-11-18(3)16-24(20)32-15-13-29-22-9-6-5-8-21(22)28-25(29)19(4)27-26(30)23-10-7-14-31-23/h5-12,14,16-17,19H,13,15H2,1-4H3,(H,27,30)/t19-/m1/s1. The first-order valence-electron chi connectivity index (χ1n) is 11.0. The summed E-state index contributed by atoms with van der Waals surface area (Å²) in [5, 5.41) is 2.98. The predicted octanol–water partition coefficient (Wildman–Crippen LogP) is 5.63. The zero-order valence-corrected chi connectivity index (χ0v) is 19.0. The maximum Gasteiger partial charge on any atom is 0.287 e. The van der Waals surface area contributed by atoms with E-state index in [1.54, 1.807) is 12.1 Å². The van der Waals surface area contributed by atoms with E-state index in [4.69, 9.17) is 14.1 Å². The number of para-hydroxylation sites is 2. The summed E-state index contributed by atoms with van der Waals surface area (Å²) in [5.74, 6) is 2.10. The van der Waals surface area contributed by atoms with Gasteiger partial charge in [0.05, 0.1) is 29.9 Å². The van der Waals surface area contributed by atoms with Crippen LogP contribution in [-0.4, -0.2) is 22.1 Å². The second-order valence-corrected chi connectivity index (χ2v) is 8.33. The molecular weight excluding hydrogens is 402 g/mol. The van der Waals surface area contributed by atoms with E-state index in [1.165, 1.54) is 17.4 Å². The Morgan fingerprint density at radius 2 is 1.94 bits per heavy atom. The van der Waals surface area contributed by atoms with Gasteiger partial charge in [0.2, 0.25) is 0 Å². The molecule has 0 aliphatic carbocycles. The first-order valence-corrected chi connectivity index (χ1v) is 11.0. The van der Waals surface area contributed by atoms with Gasteiger partial charge in [-0.2, -0.15) is 0 Å². The highest BCUT2D eigenvalue weighted by atomic mass is 16.5. The first kappa shape index (κ1) is 21.7. The van der Waals surface area contributed by atoms with Crippen LogP contribution in [0.25, 0.3) is 11.0 Å². The number of nitrogens with zero attached hydrogens (tertiary/aromatic N) is 2. The van der Waals surface area contributed by atoms with Crippen LogP contribution in [0.3, 0.4) is 0 Å². The highest BCUT2D eigenvalue weighted by molar-refractivity contribution is 5.91. The summed E-state index contributed by atoms with van der Waals surface area (Å²) in [6.07, 6.45) is 1.49. The quantitative estimate of drug-likeness (QED) is 0.392. The van der Waals surface area contributed by atoms with Crippen molar-refractivity contribution in [1.82, 2.24) is 14.9 Å². The molecule has 0 unspecified atom stereocenters. The zero-order chi connectivity index (χ0) is 22.7. The number of carbonyl (C=O) groups excluding carboxylic acids is 1. The van der Waals surface area contributed by atoms with Gasteiger partial charge in [-0.25, -0.2) is 4.98 Å². The maximum absolute atomic E-state index is 12.5. The van der Waals surface area contributed by atoms with Crippen molar-refractivity contribution in [3.63, 3.8) is 0 Å². The maximum atomic E-state index is 12.5. The van der Waals surface area contributed by atoms with Gasteiger partial charge in [0.1, 0.15) is 18.2 Å². The minimum Gasteiger partial charge on any atom is -0.491 e. The number of hydrogen-bond donors (Lipinski definition) is 1. The number of rotatable bonds is 8. The fourth-order valence-corrected chi connectivity index (χ4v) is 3.89. The van der Waals surface area contributed by atoms with E-state index in [1.807, 2.05) is 31.2 Å². The Kier molecular flexibility index (Phi) is 6.30. The highest BCUT2D eigenvalue weighted by Crippen LogP contribution is 2.28. The number of amides is 1. The second-order valence-electron chi connectivity index (χ2n) is 8.33. The Hall–Kier alpha value is -3.54. The molecule has 6 nitrogen and oxygen atoms in total. The third-order valence-electron chi connectivity index (χ3n) is 5.53. The van der Waals surface area contributed by atoms with Crippen LogP contribution in [0.4, 0.5) is 0 Å². The van der Waals surface area contributed by atoms with Crippen LogP contribution >= 0.6 is 0 Å². The van der Waals surface area contributed by atoms with Crippen LogP contribution in [0, 0.1) is 6.92 Å². The van der Waals surface area contributed by atoms with Crippen LogP contribution in [-0.2, 0) is 6.54 Å². The summed E-state index contributed by atoms with van der Waals surface area (Å²) in [4.78, 5) is 17.3. The van der Waals surface area contributed by atoms with E-state index in [9.17, 15) is 4.79 Å². The number of benzene rings is 2. The molecule has 0 saturated carbocycles. The number of furan rings is 1. The van der Waals surface area contributed by atoms with E-state index < -0.39 is 0 Å². The molecule has 2 heterocycles. The molecule has 166 valence electrons. The molecular formula is C26H29N3O3. The molecule has 0 saturated heterocycles. The molecule has 0 bridgehead atoms. The summed E-state index contributed by atoms with van der Waals surface area (Å²) in [6, 6.07) is 17.4. The second kappa shape index (κ2) is 9.30. The van der Waals surface area contributed by atoms with Gasteiger partial charge in [-0.1, -0.05) is 38.1 Å². The van der Waals surface area contributed by atoms with Crippen LogP contribution in [0.5, 0.6) is 5.75 Å². The molecule has 32 heavy (non-hydrogen) atoms. The molecule has 0 aliphatic rings. The normalized spacial score (nSPS) is 12.3. The van der Waals surface area contributed by atoms with Crippen LogP contribution in [0.2, 0.25) is 0 Å². The fourth-order valence-electron chi connectivity index (χ4n) is 3.89. The van der Waals surface area contributed by atoms with Gasteiger partial charge in [0.15, 0.2) is 5.76 Å². The molecule has 6 heteroatoms. The number of nitrogens with one attached hydrogen (secondary N) is 1. The number of aryl methyl sites for hydroxylation is 1. The van der Waals surface area contributed by atoms with Crippen molar-refractivity contribution in [2.45, 2.75) is 46.2 Å². The number of ether oxygens (including phenoxy) is 1. The van der Waals surface area contributed by atoms with Crippen molar-refractivity contribution >= 4 is 16.9 Å². The molecule has 1 amide bonds. The van der Waals surface area contributed by atoms with E-state index in [2.05, 4.69) is 48.9 Å². The van der Waals surface area contributed by atoms with Crippen LogP contribution < -0.4 is 10.1 Å². The molecule has 2 aromatic carbocycles. The fraction of sp³-hybridized carbons (Fsp3) is 0.308. The molecule has 2 aromatic heterocycles. The van der Waals surface area contributed by atoms with Crippen molar-refractivity contribution < 1.29 is 13.9 Å². The molecule has 0 aliphatic heterocycles. The molecule has 0 fully saturated rings. The topological polar surface area (TPSA) is 69.3 Å². The lowest BCUT2D eigenvalue weighted by atomic mass is 10.0. The third-order valence-corrected chi connectivity index (χ3v) is 5.53. The Bertz CT molecular complexity index is 1210. The summed E-state index contributed by atoms with van der Waals surface area (Å²) < 4.78 is 13.6. The van der Waals surface area contributed by atoms with Crippen molar-refractivity contribution in [1.29, 1.82) is 0 Å². The van der Waals surface area contributed by atoms with Crippen molar-refractivity contribution in [2.24, 2.45) is 0 Å². The Morgan fingerprint density at radius 1 is 1.12 bits per heavy atom. The van der Waals surface area contributed by atoms with E-state index in [-0.39, 0.29) is 17.7 Å². The van der Waals surface area contributed by atoms with Gasteiger partial charge in [0, 0.05) is 0 Å². The number of imidazole rings is 1. The average Bonchev–Trinajstić information content (AvgIpc) is 3.42. The monoisotopic (exact) mass is 431 g/mol. The highest BCUT2D eigenvalue weighted by Gasteiger charge is 2.20. The summed E-state index contributed by atoms with van der Waals surface area (Å²) in [5.41, 5.74) is 4.27. The Balaban J connectivity index is 1.56. The summed E-state index contributed by atoms with van der Waals surface area (Å²) in [7, 11) is 0. The van der Waals surface area contributed by atoms with Crippen molar-refractivity contribution in [3.05, 3.63) is 83.6 Å². The predicted molar refractivity (Wildman–Crippen MR) is 125 cm³/mol. The van der Waals surface area contributed by atoms with Gasteiger partial charge in [0.25, 0.3) is 5.91 Å². The minimum atomic E-state index is -0.301.